The molecule has 1 aliphatic rings. The Bertz CT molecular complexity index is 194. The van der Waals surface area contributed by atoms with Crippen molar-refractivity contribution in [2.45, 2.75) is 33.6 Å². The first kappa shape index (κ1) is 9.43. The third kappa shape index (κ3) is 1.74. The average Bonchev–Trinajstić information content (AvgIpc) is 1.82. The lowest BCUT2D eigenvalue weighted by Gasteiger charge is -2.31. The van der Waals surface area contributed by atoms with Gasteiger partial charge in [-0.25, -0.2) is 0 Å². The van der Waals surface area contributed by atoms with Gasteiger partial charge in [0.05, 0.1) is 0 Å². The number of carbonyl (C=O) groups is 2. The van der Waals surface area contributed by atoms with E-state index in [1.807, 2.05) is 13.8 Å². The van der Waals surface area contributed by atoms with E-state index in [-0.39, 0.29) is 23.5 Å². The molecule has 2 nitrogen and oxygen atoms in total. The molecule has 1 rings (SSSR count). The number of hydrogen-bond acceptors (Lipinski definition) is 2. The largest absolute Gasteiger partial charge is 0.300 e. The van der Waals surface area contributed by atoms with Crippen LogP contribution in [-0.2, 0) is 9.59 Å². The highest BCUT2D eigenvalue weighted by Gasteiger charge is 2.34. The van der Waals surface area contributed by atoms with E-state index in [4.69, 9.17) is 0 Å². The molecule has 0 bridgehead atoms. The Kier molecular flexibility index (Phi) is 2.65. The van der Waals surface area contributed by atoms with Gasteiger partial charge >= 0.3 is 0 Å². The van der Waals surface area contributed by atoms with Gasteiger partial charge in [-0.3, -0.25) is 9.59 Å². The molecule has 0 saturated heterocycles. The van der Waals surface area contributed by atoms with Gasteiger partial charge in [0.25, 0.3) is 0 Å². The molecule has 0 aliphatic heterocycles. The second kappa shape index (κ2) is 3.38. The number of hydrogen-bond donors (Lipinski definition) is 0. The molecular formula is C10H16O2. The third-order valence-corrected chi connectivity index (χ3v) is 2.79. The maximum absolute atomic E-state index is 11.2. The lowest BCUT2D eigenvalue weighted by Crippen LogP contribution is -2.34. The SMILES string of the molecule is CC(=O)C1[C@H](C)CC(=O)C[C@H]1C. The van der Waals surface area contributed by atoms with Crippen LogP contribution in [0.1, 0.15) is 33.6 Å². The normalized spacial score (nSPS) is 32.1. The fraction of sp³-hybridized carbons (Fsp3) is 0.800. The van der Waals surface area contributed by atoms with Crippen LogP contribution in [0.15, 0.2) is 0 Å². The van der Waals surface area contributed by atoms with Crippen LogP contribution in [0, 0.1) is 17.8 Å². The van der Waals surface area contributed by atoms with E-state index in [0.29, 0.717) is 18.6 Å². The van der Waals surface area contributed by atoms with E-state index in [9.17, 15) is 9.59 Å². The quantitative estimate of drug-likeness (QED) is 0.598. The van der Waals surface area contributed by atoms with E-state index in [0.717, 1.165) is 0 Å². The summed E-state index contributed by atoms with van der Waals surface area (Å²) >= 11 is 0. The van der Waals surface area contributed by atoms with Crippen molar-refractivity contribution >= 4 is 11.6 Å². The lowest BCUT2D eigenvalue weighted by atomic mass is 9.71. The van der Waals surface area contributed by atoms with Crippen LogP contribution in [0.3, 0.4) is 0 Å². The number of carbonyl (C=O) groups excluding carboxylic acids is 2. The van der Waals surface area contributed by atoms with Crippen LogP contribution >= 0.6 is 0 Å². The summed E-state index contributed by atoms with van der Waals surface area (Å²) in [6.07, 6.45) is 1.18. The first-order valence-corrected chi connectivity index (χ1v) is 4.54. The molecule has 2 atom stereocenters. The fourth-order valence-corrected chi connectivity index (χ4v) is 2.42. The topological polar surface area (TPSA) is 34.1 Å². The molecule has 68 valence electrons. The minimum Gasteiger partial charge on any atom is -0.300 e. The Labute approximate surface area is 73.3 Å². The van der Waals surface area contributed by atoms with Crippen molar-refractivity contribution in [3.63, 3.8) is 0 Å². The zero-order chi connectivity index (χ0) is 9.30. The van der Waals surface area contributed by atoms with Gasteiger partial charge in [0.15, 0.2) is 0 Å². The zero-order valence-electron chi connectivity index (χ0n) is 7.96. The Balaban J connectivity index is 2.73. The molecule has 1 fully saturated rings. The van der Waals surface area contributed by atoms with Crippen molar-refractivity contribution in [3.8, 4) is 0 Å². The zero-order valence-corrected chi connectivity index (χ0v) is 7.96. The molecule has 1 saturated carbocycles. The van der Waals surface area contributed by atoms with Crippen LogP contribution < -0.4 is 0 Å². The van der Waals surface area contributed by atoms with E-state index in [1.165, 1.54) is 0 Å². The van der Waals surface area contributed by atoms with Gasteiger partial charge in [-0.1, -0.05) is 13.8 Å². The van der Waals surface area contributed by atoms with E-state index in [2.05, 4.69) is 0 Å². The van der Waals surface area contributed by atoms with Crippen molar-refractivity contribution in [1.82, 2.24) is 0 Å². The maximum atomic E-state index is 11.2. The van der Waals surface area contributed by atoms with Crippen molar-refractivity contribution in [2.24, 2.45) is 17.8 Å². The second-order valence-corrected chi connectivity index (χ2v) is 4.04. The Morgan fingerprint density at radius 1 is 1.25 bits per heavy atom. The van der Waals surface area contributed by atoms with Gasteiger partial charge in [0, 0.05) is 18.8 Å². The molecule has 0 amide bonds. The van der Waals surface area contributed by atoms with Gasteiger partial charge in [-0.05, 0) is 18.8 Å². The highest BCUT2D eigenvalue weighted by atomic mass is 16.1. The van der Waals surface area contributed by atoms with Gasteiger partial charge in [0.1, 0.15) is 11.6 Å². The molecule has 12 heavy (non-hydrogen) atoms. The molecule has 0 aromatic carbocycles. The second-order valence-electron chi connectivity index (χ2n) is 4.04. The van der Waals surface area contributed by atoms with Crippen molar-refractivity contribution in [1.29, 1.82) is 0 Å². The highest BCUT2D eigenvalue weighted by Crippen LogP contribution is 2.32. The summed E-state index contributed by atoms with van der Waals surface area (Å²) in [6.45, 7) is 5.63. The van der Waals surface area contributed by atoms with Crippen molar-refractivity contribution in [2.75, 3.05) is 0 Å². The van der Waals surface area contributed by atoms with Crippen molar-refractivity contribution in [3.05, 3.63) is 0 Å². The predicted molar refractivity (Wildman–Crippen MR) is 46.7 cm³/mol. The number of Topliss-reactive ketones (excluding diaryl/α,β-unsaturated/α-hetero) is 2. The summed E-state index contributed by atoms with van der Waals surface area (Å²) in [4.78, 5) is 22.4. The maximum Gasteiger partial charge on any atom is 0.133 e. The first-order chi connectivity index (χ1) is 5.52. The number of ketones is 2. The lowest BCUT2D eigenvalue weighted by molar-refractivity contribution is -0.130. The standard InChI is InChI=1S/C10H16O2/c1-6-4-9(12)5-7(2)10(6)8(3)11/h6-7,10H,4-5H2,1-3H3/t6-,7-/m1/s1. The van der Waals surface area contributed by atoms with E-state index >= 15 is 0 Å². The van der Waals surface area contributed by atoms with Crippen LogP contribution in [0.5, 0.6) is 0 Å². The Morgan fingerprint density at radius 3 is 2.00 bits per heavy atom. The smallest absolute Gasteiger partial charge is 0.133 e. The summed E-state index contributed by atoms with van der Waals surface area (Å²) in [7, 11) is 0. The molecule has 0 radical (unpaired) electrons. The van der Waals surface area contributed by atoms with Crippen LogP contribution in [0.25, 0.3) is 0 Å². The predicted octanol–water partition coefficient (Wildman–Crippen LogP) is 1.83. The van der Waals surface area contributed by atoms with Gasteiger partial charge in [-0.15, -0.1) is 0 Å². The summed E-state index contributed by atoms with van der Waals surface area (Å²) in [5.41, 5.74) is 0. The van der Waals surface area contributed by atoms with E-state index in [1.54, 1.807) is 6.92 Å². The van der Waals surface area contributed by atoms with Crippen LogP contribution in [-0.4, -0.2) is 11.6 Å². The van der Waals surface area contributed by atoms with Crippen molar-refractivity contribution < 1.29 is 9.59 Å². The molecular weight excluding hydrogens is 152 g/mol. The minimum absolute atomic E-state index is 0.114. The highest BCUT2D eigenvalue weighted by molar-refractivity contribution is 5.85. The summed E-state index contributed by atoms with van der Waals surface area (Å²) in [5.74, 6) is 1.16. The molecule has 0 aromatic heterocycles. The molecule has 1 aliphatic carbocycles. The third-order valence-electron chi connectivity index (χ3n) is 2.79. The molecule has 0 aromatic rings. The molecule has 0 unspecified atom stereocenters. The Morgan fingerprint density at radius 2 is 1.67 bits per heavy atom. The molecule has 0 N–H and O–H groups in total. The van der Waals surface area contributed by atoms with Crippen LogP contribution in [0.2, 0.25) is 0 Å². The average molecular weight is 168 g/mol. The van der Waals surface area contributed by atoms with Gasteiger partial charge < -0.3 is 0 Å². The monoisotopic (exact) mass is 168 g/mol. The van der Waals surface area contributed by atoms with Gasteiger partial charge in [0.2, 0.25) is 0 Å². The molecule has 0 heterocycles. The summed E-state index contributed by atoms with van der Waals surface area (Å²) < 4.78 is 0. The first-order valence-electron chi connectivity index (χ1n) is 4.54. The minimum atomic E-state index is 0.114. The number of rotatable bonds is 1. The Hall–Kier alpha value is -0.660. The van der Waals surface area contributed by atoms with E-state index < -0.39 is 0 Å². The van der Waals surface area contributed by atoms with Gasteiger partial charge in [-0.2, -0.15) is 0 Å². The summed E-state index contributed by atoms with van der Waals surface area (Å²) in [5, 5.41) is 0. The van der Waals surface area contributed by atoms with Crippen LogP contribution in [0.4, 0.5) is 0 Å². The summed E-state index contributed by atoms with van der Waals surface area (Å²) in [6, 6.07) is 0. The fourth-order valence-electron chi connectivity index (χ4n) is 2.42. The molecule has 2 heteroatoms. The molecule has 0 spiro atoms.